The first kappa shape index (κ1) is 25.3. The maximum atomic E-state index is 13.6. The van der Waals surface area contributed by atoms with Crippen molar-refractivity contribution >= 4 is 35.1 Å². The summed E-state index contributed by atoms with van der Waals surface area (Å²) in [5, 5.41) is 0. The molecule has 2 atom stereocenters. The van der Waals surface area contributed by atoms with Crippen LogP contribution in [0.25, 0.3) is 0 Å². The number of amides is 2. The lowest BCUT2D eigenvalue weighted by atomic mass is 9.81. The van der Waals surface area contributed by atoms with Gasteiger partial charge in [0.1, 0.15) is 0 Å². The zero-order valence-corrected chi connectivity index (χ0v) is 22.3. The van der Waals surface area contributed by atoms with E-state index in [2.05, 4.69) is 6.58 Å². The smallest absolute Gasteiger partial charge is 0.335 e. The van der Waals surface area contributed by atoms with Crippen molar-refractivity contribution in [2.75, 3.05) is 22.9 Å². The summed E-state index contributed by atoms with van der Waals surface area (Å²) in [7, 11) is 0. The minimum absolute atomic E-state index is 0.167. The zero-order valence-electron chi connectivity index (χ0n) is 22.3. The number of fused-ring (bicyclic) bond motifs is 4. The first-order chi connectivity index (χ1) is 18.6. The summed E-state index contributed by atoms with van der Waals surface area (Å²) in [6, 6.07) is 15.0. The third-order valence-corrected chi connectivity index (χ3v) is 8.48. The molecule has 8 nitrogen and oxygen atoms in total. The molecule has 0 saturated carbocycles. The average molecular weight is 529 g/mol. The molecule has 8 heteroatoms. The van der Waals surface area contributed by atoms with Crippen molar-refractivity contribution in [2.24, 2.45) is 5.41 Å². The molecule has 4 aliphatic heterocycles. The first-order valence-electron chi connectivity index (χ1n) is 13.6. The number of unbranched alkanes of at least 4 members (excludes halogenated alkanes) is 3. The Labute approximate surface area is 227 Å². The standard InChI is InChI=1S/C31H32N2O6/c1-20-18-30(38-25(20)34)21-12-6-8-14-23(21)32(26(30)35)16-10-4-5-11-17-33-24-15-9-7-13-22(24)31(27(33)36)19-29(2,3)28(37)39-31/h6-9,12-15H,1,4-5,10-11,16-19H2,2-3H3. The molecule has 6 rings (SSSR count). The number of hydrogen-bond acceptors (Lipinski definition) is 6. The van der Waals surface area contributed by atoms with E-state index in [0.29, 0.717) is 25.1 Å². The summed E-state index contributed by atoms with van der Waals surface area (Å²) in [4.78, 5) is 55.2. The number of rotatable bonds is 7. The molecule has 39 heavy (non-hydrogen) atoms. The highest BCUT2D eigenvalue weighted by molar-refractivity contribution is 6.11. The van der Waals surface area contributed by atoms with Gasteiger partial charge in [-0.1, -0.05) is 55.8 Å². The fourth-order valence-corrected chi connectivity index (χ4v) is 6.53. The maximum Gasteiger partial charge on any atom is 0.335 e. The Kier molecular flexibility index (Phi) is 5.72. The first-order valence-corrected chi connectivity index (χ1v) is 13.6. The summed E-state index contributed by atoms with van der Waals surface area (Å²) in [5.41, 5.74) is 0.160. The lowest BCUT2D eigenvalue weighted by Gasteiger charge is -2.23. The predicted molar refractivity (Wildman–Crippen MR) is 144 cm³/mol. The van der Waals surface area contributed by atoms with E-state index in [-0.39, 0.29) is 24.2 Å². The van der Waals surface area contributed by atoms with Crippen LogP contribution in [0.5, 0.6) is 0 Å². The lowest BCUT2D eigenvalue weighted by molar-refractivity contribution is -0.159. The van der Waals surface area contributed by atoms with Crippen molar-refractivity contribution in [3.05, 3.63) is 71.8 Å². The molecular weight excluding hydrogens is 496 g/mol. The van der Waals surface area contributed by atoms with Gasteiger partial charge in [-0.3, -0.25) is 14.4 Å². The third-order valence-electron chi connectivity index (χ3n) is 8.48. The molecule has 202 valence electrons. The highest BCUT2D eigenvalue weighted by atomic mass is 16.6. The van der Waals surface area contributed by atoms with E-state index in [4.69, 9.17) is 9.47 Å². The van der Waals surface area contributed by atoms with Crippen LogP contribution in [0.3, 0.4) is 0 Å². The molecule has 0 N–H and O–H groups in total. The molecule has 0 aliphatic carbocycles. The zero-order chi connectivity index (χ0) is 27.6. The molecule has 2 saturated heterocycles. The Morgan fingerprint density at radius 2 is 1.26 bits per heavy atom. The quantitative estimate of drug-likeness (QED) is 0.298. The number of nitrogens with zero attached hydrogens (tertiary/aromatic N) is 2. The van der Waals surface area contributed by atoms with E-state index in [9.17, 15) is 19.2 Å². The van der Waals surface area contributed by atoms with E-state index in [1.807, 2.05) is 62.4 Å². The van der Waals surface area contributed by atoms with Crippen molar-refractivity contribution in [1.82, 2.24) is 0 Å². The lowest BCUT2D eigenvalue weighted by Crippen LogP contribution is -2.41. The van der Waals surface area contributed by atoms with Crippen LogP contribution in [0.15, 0.2) is 60.7 Å². The molecule has 4 aliphatic rings. The van der Waals surface area contributed by atoms with E-state index in [1.54, 1.807) is 9.80 Å². The van der Waals surface area contributed by atoms with Gasteiger partial charge in [-0.05, 0) is 38.8 Å². The average Bonchev–Trinajstić information content (AvgIpc) is 3.51. The fourth-order valence-electron chi connectivity index (χ4n) is 6.53. The van der Waals surface area contributed by atoms with E-state index >= 15 is 0 Å². The number of carbonyl (C=O) groups is 4. The molecule has 2 unspecified atom stereocenters. The molecule has 4 heterocycles. The van der Waals surface area contributed by atoms with Crippen LogP contribution in [0.1, 0.15) is 63.5 Å². The minimum atomic E-state index is -1.29. The SMILES string of the molecule is C=C1CC2(OC1=O)C(=O)N(CCCCCCN1C(=O)C3(CC(C)(C)C(=O)O3)c3ccccc31)c1ccccc12. The second-order valence-corrected chi connectivity index (χ2v) is 11.6. The number of carbonyl (C=O) groups excluding carboxylic acids is 4. The summed E-state index contributed by atoms with van der Waals surface area (Å²) in [5.74, 6) is -1.24. The van der Waals surface area contributed by atoms with Gasteiger partial charge in [0.2, 0.25) is 11.2 Å². The fraction of sp³-hybridized carbons (Fsp3) is 0.419. The van der Waals surface area contributed by atoms with Gasteiger partial charge in [-0.15, -0.1) is 0 Å². The topological polar surface area (TPSA) is 93.2 Å². The van der Waals surface area contributed by atoms with Crippen LogP contribution in [0, 0.1) is 5.41 Å². The Morgan fingerprint density at radius 1 is 0.744 bits per heavy atom. The van der Waals surface area contributed by atoms with E-state index in [1.165, 1.54) is 0 Å². The number of para-hydroxylation sites is 2. The van der Waals surface area contributed by atoms with Gasteiger partial charge in [0, 0.05) is 42.6 Å². The highest BCUT2D eigenvalue weighted by Gasteiger charge is 2.62. The van der Waals surface area contributed by atoms with Gasteiger partial charge in [0.05, 0.1) is 16.8 Å². The summed E-state index contributed by atoms with van der Waals surface area (Å²) < 4.78 is 11.4. The number of benzene rings is 2. The van der Waals surface area contributed by atoms with Crippen molar-refractivity contribution in [3.8, 4) is 0 Å². The van der Waals surface area contributed by atoms with E-state index in [0.717, 1.165) is 48.2 Å². The van der Waals surface area contributed by atoms with Crippen molar-refractivity contribution in [3.63, 3.8) is 0 Å². The Balaban J connectivity index is 1.07. The number of ether oxygens (including phenoxy) is 2. The van der Waals surface area contributed by atoms with Crippen LogP contribution in [0.4, 0.5) is 11.4 Å². The van der Waals surface area contributed by atoms with E-state index < -0.39 is 22.6 Å². The largest absolute Gasteiger partial charge is 0.443 e. The molecule has 2 fully saturated rings. The second-order valence-electron chi connectivity index (χ2n) is 11.6. The van der Waals surface area contributed by atoms with Crippen LogP contribution in [0.2, 0.25) is 0 Å². The van der Waals surface area contributed by atoms with Crippen molar-refractivity contribution in [1.29, 1.82) is 0 Å². The number of esters is 2. The molecule has 0 radical (unpaired) electrons. The van der Waals surface area contributed by atoms with Crippen molar-refractivity contribution < 1.29 is 28.7 Å². The second kappa shape index (κ2) is 8.79. The summed E-state index contributed by atoms with van der Waals surface area (Å²) >= 11 is 0. The van der Waals surface area contributed by atoms with Gasteiger partial charge < -0.3 is 19.3 Å². The monoisotopic (exact) mass is 528 g/mol. The maximum absolute atomic E-state index is 13.6. The Hall–Kier alpha value is -3.94. The Morgan fingerprint density at radius 3 is 1.74 bits per heavy atom. The predicted octanol–water partition coefficient (Wildman–Crippen LogP) is 4.51. The van der Waals surface area contributed by atoms with Crippen LogP contribution in [-0.4, -0.2) is 36.8 Å². The normalized spacial score (nSPS) is 26.6. The summed E-state index contributed by atoms with van der Waals surface area (Å²) in [6.07, 6.45) is 3.79. The van der Waals surface area contributed by atoms with Gasteiger partial charge in [0.15, 0.2) is 0 Å². The molecule has 2 spiro atoms. The van der Waals surface area contributed by atoms with Crippen molar-refractivity contribution in [2.45, 2.75) is 63.6 Å². The van der Waals surface area contributed by atoms with Crippen LogP contribution >= 0.6 is 0 Å². The van der Waals surface area contributed by atoms with Crippen LogP contribution < -0.4 is 9.80 Å². The van der Waals surface area contributed by atoms with Gasteiger partial charge in [-0.25, -0.2) is 4.79 Å². The van der Waals surface area contributed by atoms with Gasteiger partial charge in [0.25, 0.3) is 11.8 Å². The molecule has 2 amide bonds. The molecule has 0 aromatic heterocycles. The third kappa shape index (κ3) is 3.64. The number of anilines is 2. The number of hydrogen-bond donors (Lipinski definition) is 0. The molecule has 2 aromatic carbocycles. The van der Waals surface area contributed by atoms with Crippen LogP contribution in [-0.2, 0) is 39.9 Å². The Bertz CT molecular complexity index is 1410. The highest BCUT2D eigenvalue weighted by Crippen LogP contribution is 2.54. The summed E-state index contributed by atoms with van der Waals surface area (Å²) in [6.45, 7) is 8.46. The van der Waals surface area contributed by atoms with Gasteiger partial charge in [-0.2, -0.15) is 0 Å². The molecule has 2 aromatic rings. The molecule has 0 bridgehead atoms. The van der Waals surface area contributed by atoms with Gasteiger partial charge >= 0.3 is 11.9 Å². The molecular formula is C31H32N2O6. The minimum Gasteiger partial charge on any atom is -0.443 e.